The fourth-order valence-corrected chi connectivity index (χ4v) is 4.83. The van der Waals surface area contributed by atoms with E-state index < -0.39 is 23.9 Å². The summed E-state index contributed by atoms with van der Waals surface area (Å²) in [5.74, 6) is -0.379. The smallest absolute Gasteiger partial charge is 0.369 e. The molecule has 2 aliphatic rings. The van der Waals surface area contributed by atoms with E-state index in [2.05, 4.69) is 15.0 Å². The number of carbonyl (C=O) groups is 2. The van der Waals surface area contributed by atoms with Gasteiger partial charge in [0.25, 0.3) is 0 Å². The lowest BCUT2D eigenvalue weighted by Gasteiger charge is -2.40. The summed E-state index contributed by atoms with van der Waals surface area (Å²) < 4.78 is 45.3. The van der Waals surface area contributed by atoms with Gasteiger partial charge in [-0.15, -0.1) is 0 Å². The van der Waals surface area contributed by atoms with Gasteiger partial charge in [0.15, 0.2) is 0 Å². The van der Waals surface area contributed by atoms with Crippen molar-refractivity contribution in [3.63, 3.8) is 0 Å². The van der Waals surface area contributed by atoms with Gasteiger partial charge in [0.2, 0.25) is 11.8 Å². The van der Waals surface area contributed by atoms with Gasteiger partial charge in [0, 0.05) is 45.7 Å². The first-order chi connectivity index (χ1) is 17.0. The summed E-state index contributed by atoms with van der Waals surface area (Å²) in [4.78, 5) is 39.5. The highest BCUT2D eigenvalue weighted by atomic mass is 19.4. The Morgan fingerprint density at radius 1 is 1.08 bits per heavy atom. The standard InChI is InChI=1S/C25H27F3N6O2/c1-16-30-8-7-21(32-16)20-5-3-18(13-23(29)36)14-24(20,25(26,27)28)22-6-4-19(15-31-22)34-11-9-33(10-12-34)17(2)35/h3-8,15H,9-14H2,1-2H3,(H2,29,36). The normalized spacial score (nSPS) is 20.6. The van der Waals surface area contributed by atoms with Gasteiger partial charge >= 0.3 is 6.18 Å². The van der Waals surface area contributed by atoms with E-state index in [9.17, 15) is 9.59 Å². The molecule has 0 saturated carbocycles. The highest BCUT2D eigenvalue weighted by Crippen LogP contribution is 2.55. The Hall–Kier alpha value is -3.76. The Morgan fingerprint density at radius 2 is 1.81 bits per heavy atom. The number of allylic oxidation sites excluding steroid dienone is 3. The highest BCUT2D eigenvalue weighted by molar-refractivity contribution is 5.81. The molecule has 0 aromatic carbocycles. The van der Waals surface area contributed by atoms with E-state index in [1.807, 2.05) is 4.90 Å². The van der Waals surface area contributed by atoms with Gasteiger partial charge in [-0.1, -0.05) is 17.7 Å². The van der Waals surface area contributed by atoms with Crippen LogP contribution < -0.4 is 10.6 Å². The number of rotatable bonds is 5. The van der Waals surface area contributed by atoms with Crippen LogP contribution in [0.5, 0.6) is 0 Å². The van der Waals surface area contributed by atoms with Crippen molar-refractivity contribution in [2.45, 2.75) is 38.3 Å². The zero-order chi connectivity index (χ0) is 26.1. The lowest BCUT2D eigenvalue weighted by atomic mass is 9.67. The van der Waals surface area contributed by atoms with Crippen LogP contribution in [0.2, 0.25) is 0 Å². The molecule has 1 aliphatic carbocycles. The molecule has 1 atom stereocenters. The first-order valence-electron chi connectivity index (χ1n) is 11.5. The average Bonchev–Trinajstić information content (AvgIpc) is 2.83. The lowest BCUT2D eigenvalue weighted by molar-refractivity contribution is -0.174. The number of hydrogen-bond donors (Lipinski definition) is 1. The van der Waals surface area contributed by atoms with E-state index in [1.165, 1.54) is 43.6 Å². The average molecular weight is 501 g/mol. The van der Waals surface area contributed by atoms with E-state index in [4.69, 9.17) is 5.73 Å². The van der Waals surface area contributed by atoms with E-state index in [0.717, 1.165) is 0 Å². The summed E-state index contributed by atoms with van der Waals surface area (Å²) in [7, 11) is 0. The number of pyridine rings is 1. The molecule has 0 spiro atoms. The SMILES string of the molecule is CC(=O)N1CCN(c2ccc(C3(C(F)(F)F)CC(CC(N)=O)=CC=C3c3ccnc(C)n3)nc2)CC1. The number of hydrogen-bond acceptors (Lipinski definition) is 6. The highest BCUT2D eigenvalue weighted by Gasteiger charge is 2.60. The van der Waals surface area contributed by atoms with Crippen LogP contribution in [0.3, 0.4) is 0 Å². The molecule has 8 nitrogen and oxygen atoms in total. The maximum Gasteiger partial charge on any atom is 0.404 e. The summed E-state index contributed by atoms with van der Waals surface area (Å²) in [6.07, 6.45) is 0.163. The Bertz CT molecular complexity index is 1220. The van der Waals surface area contributed by atoms with Crippen LogP contribution >= 0.6 is 0 Å². The fraction of sp³-hybridized carbons (Fsp3) is 0.400. The molecular weight excluding hydrogens is 473 g/mol. The number of carbonyl (C=O) groups excluding carboxylic acids is 2. The number of nitrogens with two attached hydrogens (primary N) is 1. The van der Waals surface area contributed by atoms with Crippen LogP contribution in [0.15, 0.2) is 48.3 Å². The number of piperazine rings is 1. The van der Waals surface area contributed by atoms with Gasteiger partial charge in [-0.25, -0.2) is 9.97 Å². The third kappa shape index (κ3) is 4.82. The van der Waals surface area contributed by atoms with Crippen LogP contribution in [0.1, 0.15) is 37.0 Å². The van der Waals surface area contributed by atoms with Crippen molar-refractivity contribution in [1.29, 1.82) is 0 Å². The van der Waals surface area contributed by atoms with Gasteiger partial charge in [-0.05, 0) is 37.1 Å². The molecule has 4 rings (SSSR count). The van der Waals surface area contributed by atoms with Crippen LogP contribution in [-0.2, 0) is 15.0 Å². The molecule has 1 aliphatic heterocycles. The number of amides is 2. The molecular formula is C25H27F3N6O2. The molecule has 2 aromatic heterocycles. The number of aryl methyl sites for hydroxylation is 1. The fourth-order valence-electron chi connectivity index (χ4n) is 4.83. The first-order valence-corrected chi connectivity index (χ1v) is 11.5. The van der Waals surface area contributed by atoms with Crippen molar-refractivity contribution in [2.75, 3.05) is 31.1 Å². The molecule has 2 amide bonds. The molecule has 3 heterocycles. The van der Waals surface area contributed by atoms with Gasteiger partial charge in [0.05, 0.1) is 23.3 Å². The Morgan fingerprint density at radius 3 is 2.36 bits per heavy atom. The Labute approximate surface area is 206 Å². The summed E-state index contributed by atoms with van der Waals surface area (Å²) in [5.41, 5.74) is 3.59. The Kier molecular flexibility index (Phi) is 6.83. The summed E-state index contributed by atoms with van der Waals surface area (Å²) in [5, 5.41) is 0. The molecule has 190 valence electrons. The third-order valence-electron chi connectivity index (χ3n) is 6.65. The van der Waals surface area contributed by atoms with Gasteiger partial charge < -0.3 is 15.5 Å². The molecule has 1 fully saturated rings. The molecule has 11 heteroatoms. The van der Waals surface area contributed by atoms with Crippen LogP contribution in [0.25, 0.3) is 5.57 Å². The van der Waals surface area contributed by atoms with Crippen LogP contribution in [0, 0.1) is 6.92 Å². The predicted molar refractivity (Wildman–Crippen MR) is 128 cm³/mol. The third-order valence-corrected chi connectivity index (χ3v) is 6.65. The first kappa shape index (κ1) is 25.3. The van der Waals surface area contributed by atoms with Crippen molar-refractivity contribution in [1.82, 2.24) is 19.9 Å². The topological polar surface area (TPSA) is 105 Å². The van der Waals surface area contributed by atoms with E-state index in [0.29, 0.717) is 37.7 Å². The van der Waals surface area contributed by atoms with E-state index in [1.54, 1.807) is 17.9 Å². The van der Waals surface area contributed by atoms with Gasteiger partial charge in [-0.3, -0.25) is 14.6 Å². The molecule has 1 unspecified atom stereocenters. The second-order valence-corrected chi connectivity index (χ2v) is 9.01. The minimum absolute atomic E-state index is 0.00775. The van der Waals surface area contributed by atoms with Gasteiger partial charge in [-0.2, -0.15) is 13.2 Å². The minimum atomic E-state index is -4.75. The van der Waals surface area contributed by atoms with Crippen molar-refractivity contribution in [3.05, 3.63) is 65.5 Å². The van der Waals surface area contributed by atoms with Crippen LogP contribution in [-0.4, -0.2) is 64.0 Å². The predicted octanol–water partition coefficient (Wildman–Crippen LogP) is 2.94. The summed E-state index contributed by atoms with van der Waals surface area (Å²) in [6, 6.07) is 4.44. The molecule has 2 aromatic rings. The molecule has 0 bridgehead atoms. The number of aromatic nitrogens is 3. The van der Waals surface area contributed by atoms with Crippen molar-refractivity contribution in [3.8, 4) is 0 Å². The van der Waals surface area contributed by atoms with E-state index in [-0.39, 0.29) is 34.9 Å². The maximum atomic E-state index is 15.1. The minimum Gasteiger partial charge on any atom is -0.369 e. The zero-order valence-corrected chi connectivity index (χ0v) is 20.0. The Balaban J connectivity index is 1.76. The second kappa shape index (κ2) is 9.71. The zero-order valence-electron chi connectivity index (χ0n) is 20.0. The molecule has 36 heavy (non-hydrogen) atoms. The van der Waals surface area contributed by atoms with Crippen molar-refractivity contribution < 1.29 is 22.8 Å². The van der Waals surface area contributed by atoms with Gasteiger partial charge in [0.1, 0.15) is 11.2 Å². The largest absolute Gasteiger partial charge is 0.404 e. The number of halogens is 3. The van der Waals surface area contributed by atoms with Crippen LogP contribution in [0.4, 0.5) is 18.9 Å². The number of primary amides is 1. The number of nitrogens with zero attached hydrogens (tertiary/aromatic N) is 5. The molecule has 0 radical (unpaired) electrons. The second-order valence-electron chi connectivity index (χ2n) is 9.01. The molecule has 1 saturated heterocycles. The van der Waals surface area contributed by atoms with Crippen molar-refractivity contribution >= 4 is 23.1 Å². The number of alkyl halides is 3. The summed E-state index contributed by atoms with van der Waals surface area (Å²) >= 11 is 0. The van der Waals surface area contributed by atoms with E-state index >= 15 is 13.2 Å². The quantitative estimate of drug-likeness (QED) is 0.677. The monoisotopic (exact) mass is 500 g/mol. The maximum absolute atomic E-state index is 15.1. The summed E-state index contributed by atoms with van der Waals surface area (Å²) in [6.45, 7) is 5.30. The lowest BCUT2D eigenvalue weighted by Crippen LogP contribution is -2.48. The number of anilines is 1. The molecule has 2 N–H and O–H groups in total. The van der Waals surface area contributed by atoms with Crippen molar-refractivity contribution in [2.24, 2.45) is 5.73 Å².